The van der Waals surface area contributed by atoms with Crippen LogP contribution in [0, 0.1) is 13.8 Å². The Balaban J connectivity index is 1.86. The molecule has 2 rings (SSSR count). The smallest absolute Gasteiger partial charge is 0.234 e. The summed E-state index contributed by atoms with van der Waals surface area (Å²) >= 11 is 3.91. The molecule has 0 atom stereocenters. The summed E-state index contributed by atoms with van der Waals surface area (Å²) in [6, 6.07) is 5.88. The highest BCUT2D eigenvalue weighted by Crippen LogP contribution is 2.28. The topological polar surface area (TPSA) is 98.0 Å². The maximum absolute atomic E-state index is 12.1. The number of hydrogen-bond donors (Lipinski definition) is 2. The van der Waals surface area contributed by atoms with Gasteiger partial charge in [0.05, 0.1) is 11.5 Å². The minimum absolute atomic E-state index is 0.0889. The van der Waals surface area contributed by atoms with Gasteiger partial charge in [0.25, 0.3) is 0 Å². The number of nitrogens with two attached hydrogens (primary N) is 1. The van der Waals surface area contributed by atoms with Crippen molar-refractivity contribution in [2.24, 2.45) is 5.73 Å². The molecule has 1 aromatic carbocycles. The minimum Gasteiger partial charge on any atom is -0.369 e. The van der Waals surface area contributed by atoms with E-state index in [-0.39, 0.29) is 17.4 Å². The highest BCUT2D eigenvalue weighted by molar-refractivity contribution is 8.03. The Morgan fingerprint density at radius 3 is 2.26 bits per heavy atom. The number of aromatic nitrogens is 2. The number of rotatable bonds is 7. The van der Waals surface area contributed by atoms with E-state index >= 15 is 0 Å². The number of amides is 2. The van der Waals surface area contributed by atoms with Crippen molar-refractivity contribution < 1.29 is 9.59 Å². The van der Waals surface area contributed by atoms with Crippen LogP contribution in [-0.4, -0.2) is 33.5 Å². The number of nitrogens with one attached hydrogen (secondary N) is 1. The largest absolute Gasteiger partial charge is 0.369 e. The molecule has 0 aliphatic heterocycles. The van der Waals surface area contributed by atoms with E-state index < -0.39 is 5.91 Å². The highest BCUT2D eigenvalue weighted by Gasteiger charge is 2.11. The van der Waals surface area contributed by atoms with Crippen molar-refractivity contribution in [3.63, 3.8) is 0 Å². The molecule has 0 aliphatic carbocycles. The first kappa shape index (κ1) is 17.8. The van der Waals surface area contributed by atoms with Gasteiger partial charge in [-0.05, 0) is 25.0 Å². The van der Waals surface area contributed by atoms with Gasteiger partial charge in [-0.3, -0.25) is 9.59 Å². The summed E-state index contributed by atoms with van der Waals surface area (Å²) in [5.74, 6) is -0.0591. The van der Waals surface area contributed by atoms with Crippen molar-refractivity contribution in [2.45, 2.75) is 22.5 Å². The van der Waals surface area contributed by atoms with Crippen molar-refractivity contribution >= 4 is 52.4 Å². The molecule has 0 saturated carbocycles. The summed E-state index contributed by atoms with van der Waals surface area (Å²) in [7, 11) is 0. The Morgan fingerprint density at radius 2 is 1.70 bits per heavy atom. The van der Waals surface area contributed by atoms with Gasteiger partial charge in [0.15, 0.2) is 8.68 Å². The lowest BCUT2D eigenvalue weighted by atomic mass is 10.1. The molecule has 0 fully saturated rings. The van der Waals surface area contributed by atoms with E-state index in [4.69, 9.17) is 5.73 Å². The van der Waals surface area contributed by atoms with Crippen LogP contribution in [0.5, 0.6) is 0 Å². The van der Waals surface area contributed by atoms with E-state index in [0.29, 0.717) is 8.68 Å². The normalized spacial score (nSPS) is 10.5. The van der Waals surface area contributed by atoms with Crippen LogP contribution in [0.3, 0.4) is 0 Å². The lowest BCUT2D eigenvalue weighted by molar-refractivity contribution is -0.115. The van der Waals surface area contributed by atoms with E-state index in [9.17, 15) is 9.59 Å². The van der Waals surface area contributed by atoms with Crippen LogP contribution < -0.4 is 11.1 Å². The lowest BCUT2D eigenvalue weighted by Gasteiger charge is -2.10. The number of hydrogen-bond acceptors (Lipinski definition) is 7. The van der Waals surface area contributed by atoms with Crippen molar-refractivity contribution in [2.75, 3.05) is 16.8 Å². The van der Waals surface area contributed by atoms with Crippen LogP contribution in [0.15, 0.2) is 26.9 Å². The molecular weight excluding hydrogens is 352 g/mol. The van der Waals surface area contributed by atoms with Crippen molar-refractivity contribution in [1.82, 2.24) is 10.2 Å². The maximum atomic E-state index is 12.1. The van der Waals surface area contributed by atoms with Gasteiger partial charge in [-0.1, -0.05) is 53.1 Å². The molecule has 0 aliphatic rings. The van der Waals surface area contributed by atoms with Gasteiger partial charge in [-0.15, -0.1) is 10.2 Å². The van der Waals surface area contributed by atoms with Gasteiger partial charge < -0.3 is 11.1 Å². The third-order valence-corrected chi connectivity index (χ3v) is 6.01. The van der Waals surface area contributed by atoms with Crippen LogP contribution in [0.4, 0.5) is 5.69 Å². The molecule has 3 N–H and O–H groups in total. The third-order valence-electron chi connectivity index (χ3n) is 2.80. The fraction of sp³-hybridized carbons (Fsp3) is 0.286. The number of aryl methyl sites for hydroxylation is 2. The molecule has 0 spiro atoms. The van der Waals surface area contributed by atoms with Crippen LogP contribution in [0.1, 0.15) is 11.1 Å². The number of benzene rings is 1. The number of carbonyl (C=O) groups is 2. The second-order valence-corrected chi connectivity index (χ2v) is 8.11. The fourth-order valence-electron chi connectivity index (χ4n) is 1.76. The zero-order valence-electron chi connectivity index (χ0n) is 12.7. The molecule has 6 nitrogen and oxygen atoms in total. The van der Waals surface area contributed by atoms with Gasteiger partial charge in [0.1, 0.15) is 0 Å². The Labute approximate surface area is 146 Å². The number of nitrogens with zero attached hydrogens (tertiary/aromatic N) is 2. The average molecular weight is 369 g/mol. The Morgan fingerprint density at radius 1 is 1.13 bits per heavy atom. The highest BCUT2D eigenvalue weighted by atomic mass is 32.2. The van der Waals surface area contributed by atoms with Crippen LogP contribution in [0.2, 0.25) is 0 Å². The summed E-state index contributed by atoms with van der Waals surface area (Å²) in [5.41, 5.74) is 8.00. The van der Waals surface area contributed by atoms with E-state index in [2.05, 4.69) is 15.5 Å². The number of thioether (sulfide) groups is 2. The summed E-state index contributed by atoms with van der Waals surface area (Å²) in [6.45, 7) is 3.92. The van der Waals surface area contributed by atoms with Crippen molar-refractivity contribution in [1.29, 1.82) is 0 Å². The van der Waals surface area contributed by atoms with Gasteiger partial charge in [0, 0.05) is 5.69 Å². The van der Waals surface area contributed by atoms with Gasteiger partial charge >= 0.3 is 0 Å². The van der Waals surface area contributed by atoms with Crippen LogP contribution in [0.25, 0.3) is 0 Å². The van der Waals surface area contributed by atoms with Crippen molar-refractivity contribution in [3.8, 4) is 0 Å². The quantitative estimate of drug-likeness (QED) is 0.729. The molecule has 0 radical (unpaired) electrons. The second-order valence-electron chi connectivity index (χ2n) is 4.69. The zero-order chi connectivity index (χ0) is 16.8. The SMILES string of the molecule is Cc1cccc(C)c1NC(=O)CSc1nnc(SCC(N)=O)s1. The number of carbonyl (C=O) groups excluding carboxylic acids is 2. The molecule has 1 heterocycles. The minimum atomic E-state index is -0.396. The maximum Gasteiger partial charge on any atom is 0.234 e. The van der Waals surface area contributed by atoms with Crippen molar-refractivity contribution in [3.05, 3.63) is 29.3 Å². The van der Waals surface area contributed by atoms with Gasteiger partial charge in [0.2, 0.25) is 11.8 Å². The van der Waals surface area contributed by atoms with E-state index in [1.165, 1.54) is 34.9 Å². The van der Waals surface area contributed by atoms with E-state index in [0.717, 1.165) is 16.8 Å². The summed E-state index contributed by atoms with van der Waals surface area (Å²) in [5, 5.41) is 10.9. The van der Waals surface area contributed by atoms with Gasteiger partial charge in [-0.2, -0.15) is 0 Å². The van der Waals surface area contributed by atoms with E-state index in [1.807, 2.05) is 32.0 Å². The first-order valence-corrected chi connectivity index (χ1v) is 9.48. The number of primary amides is 1. The summed E-state index contributed by atoms with van der Waals surface area (Å²) < 4.78 is 1.36. The number of para-hydroxylation sites is 1. The molecule has 0 bridgehead atoms. The average Bonchev–Trinajstić information content (AvgIpc) is 2.95. The molecule has 2 aromatic rings. The van der Waals surface area contributed by atoms with Crippen LogP contribution >= 0.6 is 34.9 Å². The predicted octanol–water partition coefficient (Wildman–Crippen LogP) is 2.46. The molecule has 9 heteroatoms. The van der Waals surface area contributed by atoms with Crippen LogP contribution in [-0.2, 0) is 9.59 Å². The first-order valence-electron chi connectivity index (χ1n) is 6.69. The lowest BCUT2D eigenvalue weighted by Crippen LogP contribution is -2.15. The molecule has 23 heavy (non-hydrogen) atoms. The molecular formula is C14H16N4O2S3. The summed E-state index contributed by atoms with van der Waals surface area (Å²) in [6.07, 6.45) is 0. The Hall–Kier alpha value is -1.58. The van der Waals surface area contributed by atoms with E-state index in [1.54, 1.807) is 0 Å². The molecule has 1 aromatic heterocycles. The molecule has 0 unspecified atom stereocenters. The predicted molar refractivity (Wildman–Crippen MR) is 95.1 cm³/mol. The monoisotopic (exact) mass is 368 g/mol. The first-order chi connectivity index (χ1) is 11.0. The zero-order valence-corrected chi connectivity index (χ0v) is 15.1. The standard InChI is InChI=1S/C14H16N4O2S3/c1-8-4-3-5-9(2)12(8)16-11(20)7-22-14-18-17-13(23-14)21-6-10(15)19/h3-5H,6-7H2,1-2H3,(H2,15,19)(H,16,20). The Bertz CT molecular complexity index is 698. The Kier molecular flexibility index (Phi) is 6.43. The molecule has 2 amide bonds. The number of anilines is 1. The summed E-state index contributed by atoms with van der Waals surface area (Å²) in [4.78, 5) is 22.8. The fourth-order valence-corrected chi connectivity index (χ4v) is 4.32. The molecule has 0 saturated heterocycles. The molecule has 122 valence electrons. The third kappa shape index (κ3) is 5.52. The second kappa shape index (κ2) is 8.32. The van der Waals surface area contributed by atoms with Gasteiger partial charge in [-0.25, -0.2) is 0 Å².